The molecule has 9 aromatic carbocycles. The third kappa shape index (κ3) is 4.86. The number of hydrogen-bond donors (Lipinski definition) is 0. The molecule has 0 fully saturated rings. The number of rotatable bonds is 5. The van der Waals surface area contributed by atoms with Gasteiger partial charge in [0.1, 0.15) is 0 Å². The molecule has 3 heteroatoms. The first kappa shape index (κ1) is 31.7. The van der Waals surface area contributed by atoms with Gasteiger partial charge in [0.15, 0.2) is 0 Å². The van der Waals surface area contributed by atoms with Gasteiger partial charge in [0.2, 0.25) is 0 Å². The lowest BCUT2D eigenvalue weighted by Gasteiger charge is -2.14. The molecule has 0 unspecified atom stereocenters. The molecule has 0 amide bonds. The Morgan fingerprint density at radius 3 is 1.07 bits per heavy atom. The highest BCUT2D eigenvalue weighted by Crippen LogP contribution is 2.40. The standard InChI is InChI=1S/C54H35N3/c1-3-15-36(16-4-1)40-31-41(37-17-5-2-6-18-37)33-42(32-40)55-49-23-11-7-21-45(49)47-34-38(27-29-50(47)55)39-28-30-54-48(35-39)46-22-10-14-26-53(46)57(54)56-51-24-12-8-19-43(51)44-20-9-13-25-52(44)56/h1-35H. The van der Waals surface area contributed by atoms with Crippen LogP contribution in [0.3, 0.4) is 0 Å². The van der Waals surface area contributed by atoms with Crippen LogP contribution in [-0.2, 0) is 0 Å². The summed E-state index contributed by atoms with van der Waals surface area (Å²) in [5.41, 5.74) is 15.5. The zero-order valence-electron chi connectivity index (χ0n) is 31.0. The second kappa shape index (κ2) is 12.5. The summed E-state index contributed by atoms with van der Waals surface area (Å²) in [6.07, 6.45) is 0. The van der Waals surface area contributed by atoms with E-state index in [1.807, 2.05) is 0 Å². The molecule has 266 valence electrons. The Morgan fingerprint density at radius 2 is 0.561 bits per heavy atom. The van der Waals surface area contributed by atoms with Gasteiger partial charge < -0.3 is 4.57 Å². The fourth-order valence-electron chi connectivity index (χ4n) is 9.23. The molecule has 0 atom stereocenters. The summed E-state index contributed by atoms with van der Waals surface area (Å²) in [6, 6.07) is 77.5. The van der Waals surface area contributed by atoms with Gasteiger partial charge in [-0.05, 0) is 100 Å². The monoisotopic (exact) mass is 725 g/mol. The number of fused-ring (bicyclic) bond motifs is 9. The summed E-state index contributed by atoms with van der Waals surface area (Å²) in [5.74, 6) is 0. The fraction of sp³-hybridized carbons (Fsp3) is 0. The maximum atomic E-state index is 2.44. The largest absolute Gasteiger partial charge is 0.309 e. The number of benzene rings is 9. The Kier molecular flexibility index (Phi) is 6.93. The van der Waals surface area contributed by atoms with Gasteiger partial charge >= 0.3 is 0 Å². The first-order valence-electron chi connectivity index (χ1n) is 19.6. The average molecular weight is 726 g/mol. The topological polar surface area (TPSA) is 14.8 Å². The van der Waals surface area contributed by atoms with Crippen LogP contribution in [0, 0.1) is 0 Å². The van der Waals surface area contributed by atoms with Gasteiger partial charge in [-0.2, -0.15) is 0 Å². The van der Waals surface area contributed by atoms with Crippen LogP contribution in [0.1, 0.15) is 0 Å². The van der Waals surface area contributed by atoms with Gasteiger partial charge in [0.25, 0.3) is 0 Å². The van der Waals surface area contributed by atoms with E-state index in [1.165, 1.54) is 98.8 Å². The van der Waals surface area contributed by atoms with Gasteiger partial charge in [-0.25, -0.2) is 9.35 Å². The van der Waals surface area contributed by atoms with Gasteiger partial charge in [-0.3, -0.25) is 0 Å². The second-order valence-electron chi connectivity index (χ2n) is 15.0. The molecule has 0 saturated heterocycles. The molecule has 0 aliphatic carbocycles. The lowest BCUT2D eigenvalue weighted by molar-refractivity contribution is 0.775. The molecule has 3 nitrogen and oxygen atoms in total. The lowest BCUT2D eigenvalue weighted by Crippen LogP contribution is -2.08. The Morgan fingerprint density at radius 1 is 0.211 bits per heavy atom. The first-order valence-corrected chi connectivity index (χ1v) is 19.6. The average Bonchev–Trinajstić information content (AvgIpc) is 3.91. The van der Waals surface area contributed by atoms with Crippen molar-refractivity contribution in [1.29, 1.82) is 0 Å². The number of hydrogen-bond acceptors (Lipinski definition) is 0. The molecule has 57 heavy (non-hydrogen) atoms. The molecule has 0 bridgehead atoms. The van der Waals surface area contributed by atoms with E-state index in [4.69, 9.17) is 0 Å². The molecular weight excluding hydrogens is 691 g/mol. The van der Waals surface area contributed by atoms with Crippen molar-refractivity contribution >= 4 is 65.4 Å². The molecule has 3 aromatic heterocycles. The predicted molar refractivity (Wildman–Crippen MR) is 240 cm³/mol. The Bertz CT molecular complexity index is 3400. The van der Waals surface area contributed by atoms with E-state index >= 15 is 0 Å². The smallest absolute Gasteiger partial charge is 0.0716 e. The minimum Gasteiger partial charge on any atom is -0.309 e. The van der Waals surface area contributed by atoms with E-state index in [0.717, 1.165) is 5.69 Å². The number of nitrogens with zero attached hydrogens (tertiary/aromatic N) is 3. The van der Waals surface area contributed by atoms with E-state index in [2.05, 4.69) is 226 Å². The summed E-state index contributed by atoms with van der Waals surface area (Å²) in [6.45, 7) is 0. The van der Waals surface area contributed by atoms with Crippen molar-refractivity contribution in [1.82, 2.24) is 13.9 Å². The second-order valence-corrected chi connectivity index (χ2v) is 15.0. The Balaban J connectivity index is 1.06. The zero-order valence-corrected chi connectivity index (χ0v) is 31.0. The van der Waals surface area contributed by atoms with Crippen LogP contribution < -0.4 is 0 Å². The molecule has 12 rings (SSSR count). The maximum absolute atomic E-state index is 2.44. The predicted octanol–water partition coefficient (Wildman–Crippen LogP) is 14.3. The summed E-state index contributed by atoms with van der Waals surface area (Å²) in [4.78, 5) is 0. The van der Waals surface area contributed by atoms with Crippen molar-refractivity contribution in [2.75, 3.05) is 0 Å². The van der Waals surface area contributed by atoms with Gasteiger partial charge in [0.05, 0.1) is 33.1 Å². The van der Waals surface area contributed by atoms with E-state index in [1.54, 1.807) is 0 Å². The van der Waals surface area contributed by atoms with E-state index < -0.39 is 0 Å². The Hall–Kier alpha value is -7.62. The molecule has 0 saturated carbocycles. The third-order valence-electron chi connectivity index (χ3n) is 11.8. The number of aromatic nitrogens is 3. The molecule has 0 spiro atoms. The van der Waals surface area contributed by atoms with Crippen LogP contribution in [-0.4, -0.2) is 13.9 Å². The highest BCUT2D eigenvalue weighted by molar-refractivity contribution is 6.14. The van der Waals surface area contributed by atoms with Crippen LogP contribution in [0.4, 0.5) is 0 Å². The summed E-state index contributed by atoms with van der Waals surface area (Å²) in [5, 5.41) is 7.46. The van der Waals surface area contributed by atoms with E-state index in [-0.39, 0.29) is 0 Å². The third-order valence-corrected chi connectivity index (χ3v) is 11.8. The van der Waals surface area contributed by atoms with E-state index in [0.29, 0.717) is 0 Å². The zero-order chi connectivity index (χ0) is 37.5. The lowest BCUT2D eigenvalue weighted by atomic mass is 9.98. The van der Waals surface area contributed by atoms with Crippen molar-refractivity contribution in [2.45, 2.75) is 0 Å². The fourth-order valence-corrected chi connectivity index (χ4v) is 9.23. The minimum atomic E-state index is 1.15. The van der Waals surface area contributed by atoms with Crippen molar-refractivity contribution in [3.63, 3.8) is 0 Å². The normalized spacial score (nSPS) is 11.9. The summed E-state index contributed by atoms with van der Waals surface area (Å²) in [7, 11) is 0. The Labute approximate surface area is 329 Å². The number of para-hydroxylation sites is 4. The van der Waals surface area contributed by atoms with Crippen LogP contribution in [0.25, 0.3) is 104 Å². The molecule has 12 aromatic rings. The molecule has 0 N–H and O–H groups in total. The summed E-state index contributed by atoms with van der Waals surface area (Å²) >= 11 is 0. The van der Waals surface area contributed by atoms with E-state index in [9.17, 15) is 0 Å². The molecule has 0 aliphatic heterocycles. The maximum Gasteiger partial charge on any atom is 0.0716 e. The molecule has 3 heterocycles. The van der Waals surface area contributed by atoms with Crippen LogP contribution in [0.2, 0.25) is 0 Å². The van der Waals surface area contributed by atoms with Crippen LogP contribution >= 0.6 is 0 Å². The quantitative estimate of drug-likeness (QED) is 0.168. The highest BCUT2D eigenvalue weighted by Gasteiger charge is 2.19. The first-order chi connectivity index (χ1) is 28.3. The molecule has 0 aliphatic rings. The van der Waals surface area contributed by atoms with Crippen molar-refractivity contribution in [3.05, 3.63) is 212 Å². The van der Waals surface area contributed by atoms with Crippen molar-refractivity contribution in [3.8, 4) is 39.1 Å². The highest BCUT2D eigenvalue weighted by atomic mass is 15.5. The minimum absolute atomic E-state index is 1.15. The van der Waals surface area contributed by atoms with Gasteiger partial charge in [0, 0.05) is 38.0 Å². The van der Waals surface area contributed by atoms with Crippen molar-refractivity contribution in [2.24, 2.45) is 0 Å². The summed E-state index contributed by atoms with van der Waals surface area (Å²) < 4.78 is 7.24. The SMILES string of the molecule is c1ccc(-c2cc(-c3ccccc3)cc(-n3c4ccccc4c4cc(-c5ccc6c(c5)c5ccccc5n6-n5c6ccccc6c6ccccc65)ccc43)c2)cc1. The van der Waals surface area contributed by atoms with Crippen molar-refractivity contribution < 1.29 is 0 Å². The van der Waals surface area contributed by atoms with Crippen LogP contribution in [0.5, 0.6) is 0 Å². The molecular formula is C54H35N3. The van der Waals surface area contributed by atoms with Crippen LogP contribution in [0.15, 0.2) is 212 Å². The van der Waals surface area contributed by atoms with Gasteiger partial charge in [-0.15, -0.1) is 0 Å². The van der Waals surface area contributed by atoms with Gasteiger partial charge in [-0.1, -0.05) is 146 Å². The molecule has 0 radical (unpaired) electrons.